The predicted octanol–water partition coefficient (Wildman–Crippen LogP) is 1.72. The summed E-state index contributed by atoms with van der Waals surface area (Å²) in [6, 6.07) is 8.80. The van der Waals surface area contributed by atoms with Crippen molar-refractivity contribution in [3.05, 3.63) is 35.9 Å². The van der Waals surface area contributed by atoms with Crippen molar-refractivity contribution in [1.82, 2.24) is 10.6 Å². The Labute approximate surface area is 110 Å². The summed E-state index contributed by atoms with van der Waals surface area (Å²) in [5.41, 5.74) is 2.63. The monoisotopic (exact) mass is 245 g/mol. The second-order valence-electron chi connectivity index (χ2n) is 4.63. The van der Waals surface area contributed by atoms with Gasteiger partial charge in [0.1, 0.15) is 0 Å². The zero-order valence-corrected chi connectivity index (χ0v) is 11.2. The minimum absolute atomic E-state index is 1.04. The van der Waals surface area contributed by atoms with Gasteiger partial charge in [-0.25, -0.2) is 0 Å². The molecule has 1 aromatic rings. The van der Waals surface area contributed by atoms with Gasteiger partial charge in [0.05, 0.1) is 0 Å². The average molecular weight is 245 g/mol. The first-order valence-corrected chi connectivity index (χ1v) is 6.77. The summed E-state index contributed by atoms with van der Waals surface area (Å²) in [6.45, 7) is 5.41. The Bertz CT molecular complexity index is 381. The van der Waals surface area contributed by atoms with Crippen LogP contribution in [0.2, 0.25) is 0 Å². The first-order valence-electron chi connectivity index (χ1n) is 6.77. The lowest BCUT2D eigenvalue weighted by molar-refractivity contribution is 0.589. The molecule has 1 aliphatic rings. The maximum Gasteiger partial charge on any atom is 0.0373 e. The van der Waals surface area contributed by atoms with E-state index >= 15 is 0 Å². The van der Waals surface area contributed by atoms with Gasteiger partial charge >= 0.3 is 0 Å². The zero-order chi connectivity index (χ0) is 12.6. The van der Waals surface area contributed by atoms with E-state index < -0.39 is 0 Å². The number of hydrogen-bond acceptors (Lipinski definition) is 3. The van der Waals surface area contributed by atoms with Crippen molar-refractivity contribution in [2.24, 2.45) is 0 Å². The Morgan fingerprint density at radius 2 is 2.17 bits per heavy atom. The predicted molar refractivity (Wildman–Crippen MR) is 79.1 cm³/mol. The van der Waals surface area contributed by atoms with E-state index in [0.717, 1.165) is 39.1 Å². The third-order valence-electron chi connectivity index (χ3n) is 3.22. The molecule has 0 unspecified atom stereocenters. The van der Waals surface area contributed by atoms with Crippen LogP contribution in [-0.4, -0.2) is 39.8 Å². The third kappa shape index (κ3) is 3.86. The second-order valence-corrected chi connectivity index (χ2v) is 4.63. The van der Waals surface area contributed by atoms with Crippen molar-refractivity contribution in [1.29, 1.82) is 0 Å². The van der Waals surface area contributed by atoms with E-state index in [1.54, 1.807) is 0 Å². The normalized spacial score (nSPS) is 16.4. The topological polar surface area (TPSA) is 27.3 Å². The highest BCUT2D eigenvalue weighted by Gasteiger charge is 2.09. The number of nitrogens with one attached hydrogen (secondary N) is 2. The fraction of sp³-hybridized carbons (Fsp3) is 0.467. The molecule has 0 aliphatic carbocycles. The van der Waals surface area contributed by atoms with E-state index in [2.05, 4.69) is 52.0 Å². The molecule has 18 heavy (non-hydrogen) atoms. The van der Waals surface area contributed by atoms with E-state index in [1.807, 2.05) is 7.05 Å². The largest absolute Gasteiger partial charge is 0.369 e. The SMILES string of the molecule is CNCCC=Cc1cccc(N2CCNCC2)c1. The van der Waals surface area contributed by atoms with Gasteiger partial charge in [-0.15, -0.1) is 0 Å². The van der Waals surface area contributed by atoms with Crippen LogP contribution in [0.25, 0.3) is 6.08 Å². The maximum atomic E-state index is 3.38. The molecule has 1 fully saturated rings. The van der Waals surface area contributed by atoms with Crippen molar-refractivity contribution < 1.29 is 0 Å². The first kappa shape index (κ1) is 13.1. The summed E-state index contributed by atoms with van der Waals surface area (Å²) in [5.74, 6) is 0. The van der Waals surface area contributed by atoms with Gasteiger partial charge in [0.25, 0.3) is 0 Å². The summed E-state index contributed by atoms with van der Waals surface area (Å²) in [6.07, 6.45) is 5.52. The van der Waals surface area contributed by atoms with Crippen molar-refractivity contribution in [3.8, 4) is 0 Å². The summed E-state index contributed by atoms with van der Waals surface area (Å²) in [4.78, 5) is 2.45. The fourth-order valence-corrected chi connectivity index (χ4v) is 2.20. The molecule has 98 valence electrons. The number of benzene rings is 1. The van der Waals surface area contributed by atoms with Crippen LogP contribution < -0.4 is 15.5 Å². The summed E-state index contributed by atoms with van der Waals surface area (Å²) < 4.78 is 0. The molecular formula is C15H23N3. The van der Waals surface area contributed by atoms with Gasteiger partial charge in [-0.1, -0.05) is 24.3 Å². The molecule has 1 aromatic carbocycles. The summed E-state index contributed by atoms with van der Waals surface area (Å²) in [5, 5.41) is 6.54. The van der Waals surface area contributed by atoms with Gasteiger partial charge in [-0.05, 0) is 37.7 Å². The molecule has 0 radical (unpaired) electrons. The lowest BCUT2D eigenvalue weighted by Gasteiger charge is -2.29. The van der Waals surface area contributed by atoms with E-state index in [-0.39, 0.29) is 0 Å². The number of nitrogens with zero attached hydrogens (tertiary/aromatic N) is 1. The Kier molecular flexibility index (Phi) is 5.24. The number of rotatable bonds is 5. The molecule has 0 spiro atoms. The Balaban J connectivity index is 1.98. The second kappa shape index (κ2) is 7.19. The third-order valence-corrected chi connectivity index (χ3v) is 3.22. The summed E-state index contributed by atoms with van der Waals surface area (Å²) >= 11 is 0. The van der Waals surface area contributed by atoms with Crippen LogP contribution in [0.4, 0.5) is 5.69 Å². The Morgan fingerprint density at radius 1 is 1.33 bits per heavy atom. The molecule has 3 heteroatoms. The van der Waals surface area contributed by atoms with Crippen molar-refractivity contribution in [2.75, 3.05) is 44.7 Å². The van der Waals surface area contributed by atoms with Crippen LogP contribution >= 0.6 is 0 Å². The quantitative estimate of drug-likeness (QED) is 0.774. The molecule has 2 rings (SSSR count). The molecular weight excluding hydrogens is 222 g/mol. The average Bonchev–Trinajstić information content (AvgIpc) is 2.45. The van der Waals surface area contributed by atoms with Crippen molar-refractivity contribution >= 4 is 11.8 Å². The Morgan fingerprint density at radius 3 is 2.94 bits per heavy atom. The fourth-order valence-electron chi connectivity index (χ4n) is 2.20. The summed E-state index contributed by atoms with van der Waals surface area (Å²) in [7, 11) is 1.98. The number of anilines is 1. The van der Waals surface area contributed by atoms with E-state index in [1.165, 1.54) is 11.3 Å². The molecule has 1 heterocycles. The van der Waals surface area contributed by atoms with Crippen LogP contribution in [-0.2, 0) is 0 Å². The molecule has 1 saturated heterocycles. The van der Waals surface area contributed by atoms with E-state index in [0.29, 0.717) is 0 Å². The van der Waals surface area contributed by atoms with Crippen LogP contribution in [0.15, 0.2) is 30.3 Å². The van der Waals surface area contributed by atoms with Crippen LogP contribution in [0.1, 0.15) is 12.0 Å². The molecule has 0 aromatic heterocycles. The molecule has 0 saturated carbocycles. The van der Waals surface area contributed by atoms with Crippen molar-refractivity contribution in [2.45, 2.75) is 6.42 Å². The lowest BCUT2D eigenvalue weighted by Crippen LogP contribution is -2.43. The highest BCUT2D eigenvalue weighted by atomic mass is 15.2. The van der Waals surface area contributed by atoms with Gasteiger partial charge in [-0.2, -0.15) is 0 Å². The molecule has 0 bridgehead atoms. The molecule has 0 amide bonds. The highest BCUT2D eigenvalue weighted by Crippen LogP contribution is 2.17. The van der Waals surface area contributed by atoms with Crippen LogP contribution in [0, 0.1) is 0 Å². The van der Waals surface area contributed by atoms with Crippen molar-refractivity contribution in [3.63, 3.8) is 0 Å². The Hall–Kier alpha value is -1.32. The molecule has 2 N–H and O–H groups in total. The minimum Gasteiger partial charge on any atom is -0.369 e. The van der Waals surface area contributed by atoms with Gasteiger partial charge in [0, 0.05) is 31.9 Å². The molecule has 1 aliphatic heterocycles. The molecule has 3 nitrogen and oxygen atoms in total. The number of hydrogen-bond donors (Lipinski definition) is 2. The van der Waals surface area contributed by atoms with Crippen LogP contribution in [0.3, 0.4) is 0 Å². The van der Waals surface area contributed by atoms with Gasteiger partial charge in [0.2, 0.25) is 0 Å². The van der Waals surface area contributed by atoms with E-state index in [4.69, 9.17) is 0 Å². The van der Waals surface area contributed by atoms with Crippen LogP contribution in [0.5, 0.6) is 0 Å². The lowest BCUT2D eigenvalue weighted by atomic mass is 10.1. The standard InChI is InChI=1S/C15H23N3/c1-16-8-3-2-5-14-6-4-7-15(13-14)18-11-9-17-10-12-18/h2,4-7,13,16-17H,3,8-12H2,1H3. The number of piperazine rings is 1. The highest BCUT2D eigenvalue weighted by molar-refractivity contribution is 5.58. The smallest absolute Gasteiger partial charge is 0.0373 e. The minimum atomic E-state index is 1.04. The van der Waals surface area contributed by atoms with Gasteiger partial charge in [0.15, 0.2) is 0 Å². The first-order chi connectivity index (χ1) is 8.90. The van der Waals surface area contributed by atoms with Gasteiger partial charge < -0.3 is 15.5 Å². The zero-order valence-electron chi connectivity index (χ0n) is 11.2. The maximum absolute atomic E-state index is 3.38. The molecule has 0 atom stereocenters. The van der Waals surface area contributed by atoms with Gasteiger partial charge in [-0.3, -0.25) is 0 Å². The van der Waals surface area contributed by atoms with E-state index in [9.17, 15) is 0 Å².